The van der Waals surface area contributed by atoms with E-state index in [0.717, 1.165) is 0 Å². The van der Waals surface area contributed by atoms with Crippen LogP contribution in [0.3, 0.4) is 0 Å². The third-order valence-corrected chi connectivity index (χ3v) is 1.03. The smallest absolute Gasteiger partial charge is 0.341 e. The molecule has 1 heterocycles. The number of carboxylic acids is 1. The molecule has 0 spiro atoms. The van der Waals surface area contributed by atoms with Crippen LogP contribution in [0, 0.1) is 0 Å². The molecule has 1 aliphatic rings. The topological polar surface area (TPSA) is 55.8 Å². The van der Waals surface area contributed by atoms with Gasteiger partial charge in [0.25, 0.3) is 0 Å². The van der Waals surface area contributed by atoms with E-state index < -0.39 is 11.6 Å². The van der Waals surface area contributed by atoms with Gasteiger partial charge in [-0.2, -0.15) is 0 Å². The second-order valence-corrected chi connectivity index (χ2v) is 1.88. The van der Waals surface area contributed by atoms with Gasteiger partial charge in [0, 0.05) is 0 Å². The Morgan fingerprint density at radius 3 is 2.38 bits per heavy atom. The second kappa shape index (κ2) is 1.43. The predicted molar refractivity (Wildman–Crippen MR) is 23.1 cm³/mol. The minimum atomic E-state index is -1.08. The van der Waals surface area contributed by atoms with Gasteiger partial charge in [-0.25, -0.2) is 14.6 Å². The average molecular weight is 118 g/mol. The Morgan fingerprint density at radius 2 is 2.38 bits per heavy atom. The standard InChI is InChI=1S/C4H6O4/c1-4(3(5)6)2-7-8-4/h2H2,1H3,(H,5,6). The van der Waals surface area contributed by atoms with Crippen molar-refractivity contribution in [3.8, 4) is 0 Å². The summed E-state index contributed by atoms with van der Waals surface area (Å²) in [5, 5.41) is 8.29. The van der Waals surface area contributed by atoms with E-state index in [-0.39, 0.29) is 6.61 Å². The van der Waals surface area contributed by atoms with Crippen LogP contribution in [-0.4, -0.2) is 23.3 Å². The number of hydrogen-bond donors (Lipinski definition) is 1. The largest absolute Gasteiger partial charge is 0.479 e. The van der Waals surface area contributed by atoms with Crippen molar-refractivity contribution in [1.82, 2.24) is 0 Å². The van der Waals surface area contributed by atoms with Crippen molar-refractivity contribution >= 4 is 5.97 Å². The fraction of sp³-hybridized carbons (Fsp3) is 0.750. The van der Waals surface area contributed by atoms with Gasteiger partial charge in [0.15, 0.2) is 0 Å². The molecule has 1 N–H and O–H groups in total. The number of carbonyl (C=O) groups is 1. The summed E-state index contributed by atoms with van der Waals surface area (Å²) in [4.78, 5) is 18.6. The molecule has 0 aromatic carbocycles. The minimum Gasteiger partial charge on any atom is -0.479 e. The van der Waals surface area contributed by atoms with Crippen LogP contribution in [0.15, 0.2) is 0 Å². The van der Waals surface area contributed by atoms with E-state index in [0.29, 0.717) is 0 Å². The van der Waals surface area contributed by atoms with E-state index in [9.17, 15) is 4.79 Å². The molecule has 46 valence electrons. The zero-order valence-corrected chi connectivity index (χ0v) is 4.38. The summed E-state index contributed by atoms with van der Waals surface area (Å²) in [5.41, 5.74) is -1.08. The molecule has 8 heavy (non-hydrogen) atoms. The van der Waals surface area contributed by atoms with Crippen LogP contribution in [-0.2, 0) is 14.6 Å². The molecule has 0 aromatic rings. The summed E-state index contributed by atoms with van der Waals surface area (Å²) >= 11 is 0. The van der Waals surface area contributed by atoms with Crippen molar-refractivity contribution in [3.05, 3.63) is 0 Å². The summed E-state index contributed by atoms with van der Waals surface area (Å²) in [6.07, 6.45) is 0. The van der Waals surface area contributed by atoms with Crippen molar-refractivity contribution < 1.29 is 19.7 Å². The highest BCUT2D eigenvalue weighted by atomic mass is 17.2. The molecule has 1 unspecified atom stereocenters. The molecule has 0 amide bonds. The molecule has 1 aliphatic heterocycles. The third kappa shape index (κ3) is 0.579. The SMILES string of the molecule is CC1(C(=O)O)COO1. The zero-order chi connectivity index (χ0) is 6.20. The fourth-order valence-corrected chi connectivity index (χ4v) is 0.333. The molecule has 0 radical (unpaired) electrons. The summed E-state index contributed by atoms with van der Waals surface area (Å²) < 4.78 is 0. The number of hydrogen-bond acceptors (Lipinski definition) is 3. The van der Waals surface area contributed by atoms with Gasteiger partial charge in [-0.15, -0.1) is 0 Å². The first kappa shape index (κ1) is 5.53. The molecule has 0 saturated carbocycles. The lowest BCUT2D eigenvalue weighted by molar-refractivity contribution is -0.453. The predicted octanol–water partition coefficient (Wildman–Crippen LogP) is -0.208. The van der Waals surface area contributed by atoms with Crippen LogP contribution in [0.5, 0.6) is 0 Å². The zero-order valence-electron chi connectivity index (χ0n) is 4.38. The number of carboxylic acid groups (broad SMARTS) is 1. The van der Waals surface area contributed by atoms with Gasteiger partial charge in [-0.1, -0.05) is 0 Å². The van der Waals surface area contributed by atoms with Crippen LogP contribution in [0.25, 0.3) is 0 Å². The van der Waals surface area contributed by atoms with Gasteiger partial charge in [0.1, 0.15) is 6.61 Å². The Labute approximate surface area is 45.9 Å². The fourth-order valence-electron chi connectivity index (χ4n) is 0.333. The maximum absolute atomic E-state index is 10.1. The normalized spacial score (nSPS) is 36.1. The van der Waals surface area contributed by atoms with Gasteiger partial charge in [0.2, 0.25) is 5.60 Å². The van der Waals surface area contributed by atoms with Gasteiger partial charge in [0.05, 0.1) is 0 Å². The van der Waals surface area contributed by atoms with E-state index in [4.69, 9.17) is 5.11 Å². The molecular weight excluding hydrogens is 112 g/mol. The summed E-state index contributed by atoms with van der Waals surface area (Å²) in [6.45, 7) is 1.60. The molecule has 1 rings (SSSR count). The van der Waals surface area contributed by atoms with Crippen LogP contribution in [0.4, 0.5) is 0 Å². The lowest BCUT2D eigenvalue weighted by Gasteiger charge is -2.31. The van der Waals surface area contributed by atoms with Gasteiger partial charge in [-0.05, 0) is 6.92 Å². The first-order valence-electron chi connectivity index (χ1n) is 2.19. The highest BCUT2D eigenvalue weighted by molar-refractivity contribution is 5.77. The molecule has 1 saturated heterocycles. The Balaban J connectivity index is 2.53. The first-order chi connectivity index (χ1) is 3.65. The molecule has 4 heteroatoms. The summed E-state index contributed by atoms with van der Waals surface area (Å²) in [7, 11) is 0. The molecular formula is C4H6O4. The maximum atomic E-state index is 10.1. The molecule has 1 fully saturated rings. The average Bonchev–Trinajstić information content (AvgIpc) is 1.60. The van der Waals surface area contributed by atoms with Crippen LogP contribution < -0.4 is 0 Å². The van der Waals surface area contributed by atoms with Crippen LogP contribution in [0.2, 0.25) is 0 Å². The monoisotopic (exact) mass is 118 g/mol. The Morgan fingerprint density at radius 1 is 1.88 bits per heavy atom. The molecule has 0 aromatic heterocycles. The number of rotatable bonds is 1. The first-order valence-corrected chi connectivity index (χ1v) is 2.19. The molecule has 0 aliphatic carbocycles. The van der Waals surface area contributed by atoms with E-state index in [1.807, 2.05) is 0 Å². The lowest BCUT2D eigenvalue weighted by Crippen LogP contribution is -2.51. The van der Waals surface area contributed by atoms with Crippen molar-refractivity contribution in [1.29, 1.82) is 0 Å². The summed E-state index contributed by atoms with van der Waals surface area (Å²) in [5.74, 6) is -0.983. The summed E-state index contributed by atoms with van der Waals surface area (Å²) in [6, 6.07) is 0. The van der Waals surface area contributed by atoms with Crippen LogP contribution in [0.1, 0.15) is 6.92 Å². The van der Waals surface area contributed by atoms with E-state index in [2.05, 4.69) is 9.78 Å². The van der Waals surface area contributed by atoms with Crippen molar-refractivity contribution in [3.63, 3.8) is 0 Å². The lowest BCUT2D eigenvalue weighted by atomic mass is 10.1. The molecule has 1 atom stereocenters. The van der Waals surface area contributed by atoms with Gasteiger partial charge < -0.3 is 5.11 Å². The van der Waals surface area contributed by atoms with E-state index in [1.165, 1.54) is 6.92 Å². The Hall–Kier alpha value is -0.610. The second-order valence-electron chi connectivity index (χ2n) is 1.88. The Kier molecular flexibility index (Phi) is 0.988. The van der Waals surface area contributed by atoms with Crippen molar-refractivity contribution in [2.45, 2.75) is 12.5 Å². The minimum absolute atomic E-state index is 0.141. The molecule has 0 bridgehead atoms. The molecule has 4 nitrogen and oxygen atoms in total. The highest BCUT2D eigenvalue weighted by Gasteiger charge is 2.44. The highest BCUT2D eigenvalue weighted by Crippen LogP contribution is 2.20. The maximum Gasteiger partial charge on any atom is 0.341 e. The Bertz CT molecular complexity index is 115. The van der Waals surface area contributed by atoms with Gasteiger partial charge >= 0.3 is 5.97 Å². The van der Waals surface area contributed by atoms with E-state index in [1.54, 1.807) is 0 Å². The number of aliphatic carboxylic acids is 1. The van der Waals surface area contributed by atoms with Crippen LogP contribution >= 0.6 is 0 Å². The van der Waals surface area contributed by atoms with E-state index >= 15 is 0 Å². The van der Waals surface area contributed by atoms with Crippen molar-refractivity contribution in [2.24, 2.45) is 0 Å². The van der Waals surface area contributed by atoms with Crippen molar-refractivity contribution in [2.75, 3.05) is 6.61 Å². The quantitative estimate of drug-likeness (QED) is 0.484. The van der Waals surface area contributed by atoms with Gasteiger partial charge in [-0.3, -0.25) is 0 Å². The third-order valence-electron chi connectivity index (χ3n) is 1.03.